The number of rotatable bonds is 4. The molecule has 0 amide bonds. The van der Waals surface area contributed by atoms with E-state index in [1.165, 1.54) is 0 Å². The first-order valence-corrected chi connectivity index (χ1v) is 5.61. The van der Waals surface area contributed by atoms with Crippen molar-refractivity contribution in [3.63, 3.8) is 0 Å². The van der Waals surface area contributed by atoms with E-state index in [4.69, 9.17) is 5.14 Å². The number of alkyl halides is 2. The molecule has 0 radical (unpaired) electrons. The van der Waals surface area contributed by atoms with Crippen molar-refractivity contribution >= 4 is 12.1 Å². The minimum atomic E-state index is -2.29. The molecule has 3 N–H and O–H groups in total. The van der Waals surface area contributed by atoms with Gasteiger partial charge in [0.05, 0.1) is 6.54 Å². The molecule has 1 heterocycles. The Kier molecular flexibility index (Phi) is 2.97. The second kappa shape index (κ2) is 3.92. The van der Waals surface area contributed by atoms with Crippen LogP contribution in [-0.2, 0) is 0 Å². The smallest absolute Gasteiger partial charge is 0.252 e. The van der Waals surface area contributed by atoms with E-state index in [-0.39, 0.29) is 12.6 Å². The fourth-order valence-electron chi connectivity index (χ4n) is 2.32. The Balaban J connectivity index is 1.77. The average molecular weight is 223 g/mol. The zero-order chi connectivity index (χ0) is 10.2. The van der Waals surface area contributed by atoms with Crippen molar-refractivity contribution in [1.29, 1.82) is 0 Å². The molecule has 0 aromatic carbocycles. The van der Waals surface area contributed by atoms with Gasteiger partial charge < -0.3 is 5.32 Å². The Bertz CT molecular complexity index is 203. The van der Waals surface area contributed by atoms with Crippen molar-refractivity contribution in [3.05, 3.63) is 0 Å². The summed E-state index contributed by atoms with van der Waals surface area (Å²) in [4.78, 5) is 0. The molecule has 1 spiro atoms. The highest BCUT2D eigenvalue weighted by Crippen LogP contribution is 2.47. The molecule has 1 saturated heterocycles. The van der Waals surface area contributed by atoms with E-state index in [1.54, 1.807) is 4.31 Å². The first-order chi connectivity index (χ1) is 6.65. The summed E-state index contributed by atoms with van der Waals surface area (Å²) in [5, 5.41) is 8.59. The Morgan fingerprint density at radius 2 is 2.14 bits per heavy atom. The summed E-state index contributed by atoms with van der Waals surface area (Å²) < 4.78 is 25.9. The molecule has 6 heteroatoms. The first kappa shape index (κ1) is 10.6. The number of halogens is 2. The maximum atomic E-state index is 12.2. The fourth-order valence-corrected chi connectivity index (χ4v) is 2.84. The lowest BCUT2D eigenvalue weighted by Crippen LogP contribution is -2.64. The minimum Gasteiger partial charge on any atom is -0.316 e. The Morgan fingerprint density at radius 1 is 1.50 bits per heavy atom. The van der Waals surface area contributed by atoms with Gasteiger partial charge in [0.2, 0.25) is 0 Å². The van der Waals surface area contributed by atoms with E-state index >= 15 is 0 Å². The van der Waals surface area contributed by atoms with Gasteiger partial charge in [-0.2, -0.15) is 0 Å². The number of nitrogens with zero attached hydrogens (tertiary/aromatic N) is 1. The normalized spacial score (nSPS) is 25.5. The average Bonchev–Trinajstić information content (AvgIpc) is 1.96. The molecule has 0 atom stereocenters. The first-order valence-electron chi connectivity index (χ1n) is 4.78. The maximum absolute atomic E-state index is 12.2. The molecule has 0 aromatic heterocycles. The predicted octanol–water partition coefficient (Wildman–Crippen LogP) is 0.827. The highest BCUT2D eigenvalue weighted by molar-refractivity contribution is 7.94. The SMILES string of the molecule is NSN(CC(F)F)C1CC2(CNC2)C1. The van der Waals surface area contributed by atoms with E-state index < -0.39 is 6.43 Å². The minimum absolute atomic E-state index is 0.213. The molecule has 2 fully saturated rings. The molecular weight excluding hydrogens is 208 g/mol. The Hall–Kier alpha value is 0.0900. The monoisotopic (exact) mass is 223 g/mol. The fraction of sp³-hybridized carbons (Fsp3) is 1.00. The summed E-state index contributed by atoms with van der Waals surface area (Å²) in [6.45, 7) is 1.87. The molecule has 3 nitrogen and oxygen atoms in total. The van der Waals surface area contributed by atoms with Crippen LogP contribution < -0.4 is 10.5 Å². The van der Waals surface area contributed by atoms with Crippen LogP contribution in [-0.4, -0.2) is 36.4 Å². The molecule has 0 aromatic rings. The molecule has 0 bridgehead atoms. The Morgan fingerprint density at radius 3 is 2.50 bits per heavy atom. The lowest BCUT2D eigenvalue weighted by molar-refractivity contribution is -0.0167. The standard InChI is InChI=1S/C8H15F2N3S/c9-7(10)3-13(14-11)6-1-8(2-6)4-12-5-8/h6-7,12H,1-5,11H2. The van der Waals surface area contributed by atoms with Gasteiger partial charge in [-0.1, -0.05) is 0 Å². The van der Waals surface area contributed by atoms with Gasteiger partial charge in [-0.15, -0.1) is 0 Å². The topological polar surface area (TPSA) is 41.3 Å². The second-order valence-corrected chi connectivity index (χ2v) is 4.94. The van der Waals surface area contributed by atoms with E-state index in [1.807, 2.05) is 0 Å². The van der Waals surface area contributed by atoms with Gasteiger partial charge in [0.15, 0.2) is 0 Å². The van der Waals surface area contributed by atoms with Crippen molar-refractivity contribution in [2.45, 2.75) is 25.3 Å². The number of hydrogen-bond acceptors (Lipinski definition) is 4. The molecule has 82 valence electrons. The van der Waals surface area contributed by atoms with E-state index in [9.17, 15) is 8.78 Å². The zero-order valence-electron chi connectivity index (χ0n) is 7.88. The summed E-state index contributed by atoms with van der Waals surface area (Å²) in [5.41, 5.74) is 0.417. The summed E-state index contributed by atoms with van der Waals surface area (Å²) in [6.07, 6.45) is -0.268. The maximum Gasteiger partial charge on any atom is 0.252 e. The van der Waals surface area contributed by atoms with E-state index in [0.29, 0.717) is 5.41 Å². The van der Waals surface area contributed by atoms with Crippen LogP contribution >= 0.6 is 12.1 Å². The van der Waals surface area contributed by atoms with Crippen LogP contribution in [0, 0.1) is 5.41 Å². The molecule has 14 heavy (non-hydrogen) atoms. The largest absolute Gasteiger partial charge is 0.316 e. The highest BCUT2D eigenvalue weighted by Gasteiger charge is 2.50. The third-order valence-electron chi connectivity index (χ3n) is 3.20. The number of hydrogen-bond donors (Lipinski definition) is 2. The van der Waals surface area contributed by atoms with Gasteiger partial charge >= 0.3 is 0 Å². The molecule has 0 unspecified atom stereocenters. The van der Waals surface area contributed by atoms with Crippen LogP contribution in [0.1, 0.15) is 12.8 Å². The summed E-state index contributed by atoms with van der Waals surface area (Å²) in [6, 6.07) is 0.251. The second-order valence-electron chi connectivity index (χ2n) is 4.26. The van der Waals surface area contributed by atoms with Gasteiger partial charge in [0, 0.05) is 31.3 Å². The van der Waals surface area contributed by atoms with Gasteiger partial charge in [-0.3, -0.25) is 5.14 Å². The van der Waals surface area contributed by atoms with Crippen LogP contribution in [0.15, 0.2) is 0 Å². The Labute approximate surface area is 86.7 Å². The van der Waals surface area contributed by atoms with Crippen LogP contribution in [0.5, 0.6) is 0 Å². The lowest BCUT2D eigenvalue weighted by Gasteiger charge is -2.56. The quantitative estimate of drug-likeness (QED) is 0.693. The van der Waals surface area contributed by atoms with Gasteiger partial charge in [0.25, 0.3) is 6.43 Å². The van der Waals surface area contributed by atoms with E-state index in [2.05, 4.69) is 5.32 Å². The molecule has 1 aliphatic carbocycles. The van der Waals surface area contributed by atoms with Crippen molar-refractivity contribution in [2.75, 3.05) is 19.6 Å². The lowest BCUT2D eigenvalue weighted by atomic mass is 9.61. The number of nitrogens with two attached hydrogens (primary N) is 1. The van der Waals surface area contributed by atoms with E-state index in [0.717, 1.165) is 38.1 Å². The third-order valence-corrected chi connectivity index (χ3v) is 3.92. The third kappa shape index (κ3) is 1.88. The molecular formula is C8H15F2N3S. The predicted molar refractivity (Wildman–Crippen MR) is 52.8 cm³/mol. The van der Waals surface area contributed by atoms with Gasteiger partial charge in [0.1, 0.15) is 0 Å². The summed E-state index contributed by atoms with van der Waals surface area (Å²) >= 11 is 0.950. The summed E-state index contributed by atoms with van der Waals surface area (Å²) in [7, 11) is 0. The molecule has 1 aliphatic heterocycles. The highest BCUT2D eigenvalue weighted by atomic mass is 32.2. The molecule has 1 saturated carbocycles. The van der Waals surface area contributed by atoms with Crippen molar-refractivity contribution in [3.8, 4) is 0 Å². The molecule has 2 aliphatic rings. The zero-order valence-corrected chi connectivity index (χ0v) is 8.70. The van der Waals surface area contributed by atoms with Gasteiger partial charge in [-0.05, 0) is 18.3 Å². The van der Waals surface area contributed by atoms with Crippen molar-refractivity contribution < 1.29 is 8.78 Å². The van der Waals surface area contributed by atoms with Crippen LogP contribution in [0.3, 0.4) is 0 Å². The van der Waals surface area contributed by atoms with Crippen LogP contribution in [0.4, 0.5) is 8.78 Å². The van der Waals surface area contributed by atoms with Crippen LogP contribution in [0.2, 0.25) is 0 Å². The molecule has 2 rings (SSSR count). The number of nitrogens with one attached hydrogen (secondary N) is 1. The van der Waals surface area contributed by atoms with Crippen molar-refractivity contribution in [1.82, 2.24) is 9.62 Å². The van der Waals surface area contributed by atoms with Gasteiger partial charge in [-0.25, -0.2) is 13.1 Å². The van der Waals surface area contributed by atoms with Crippen LogP contribution in [0.25, 0.3) is 0 Å². The van der Waals surface area contributed by atoms with Crippen molar-refractivity contribution in [2.24, 2.45) is 10.6 Å². The summed E-state index contributed by atoms with van der Waals surface area (Å²) in [5.74, 6) is 0.